The van der Waals surface area contributed by atoms with Crippen LogP contribution < -0.4 is 4.74 Å². The van der Waals surface area contributed by atoms with Crippen LogP contribution in [0.25, 0.3) is 0 Å². The Hall–Kier alpha value is -1.16. The number of thioether (sulfide) groups is 1. The van der Waals surface area contributed by atoms with Crippen LogP contribution in [0.5, 0.6) is 5.75 Å². The average Bonchev–Trinajstić information content (AvgIpc) is 2.25. The molecule has 1 aromatic rings. The predicted octanol–water partition coefficient (Wildman–Crippen LogP) is 2.65. The minimum absolute atomic E-state index is 0.211. The van der Waals surface area contributed by atoms with Crippen molar-refractivity contribution in [1.29, 1.82) is 0 Å². The molecule has 0 spiro atoms. The van der Waals surface area contributed by atoms with Crippen LogP contribution >= 0.6 is 11.8 Å². The molecule has 0 aromatic heterocycles. The van der Waals surface area contributed by atoms with Gasteiger partial charge in [0, 0.05) is 5.75 Å². The molecule has 0 saturated carbocycles. The third-order valence-electron chi connectivity index (χ3n) is 1.97. The summed E-state index contributed by atoms with van der Waals surface area (Å²) in [6.07, 6.45) is 0. The van der Waals surface area contributed by atoms with Crippen LogP contribution in [-0.4, -0.2) is 23.9 Å². The zero-order valence-corrected chi connectivity index (χ0v) is 9.63. The van der Waals surface area contributed by atoms with Gasteiger partial charge < -0.3 is 9.84 Å². The van der Waals surface area contributed by atoms with Crippen LogP contribution in [-0.2, 0) is 5.75 Å². The Kier molecular flexibility index (Phi) is 4.49. The largest absolute Gasteiger partial charge is 0.496 e. The van der Waals surface area contributed by atoms with Gasteiger partial charge in [0.05, 0.1) is 7.11 Å². The molecule has 0 aliphatic carbocycles. The van der Waals surface area contributed by atoms with Crippen LogP contribution in [0, 0.1) is 0 Å². The molecule has 0 unspecified atom stereocenters. The topological polar surface area (TPSA) is 46.5 Å². The summed E-state index contributed by atoms with van der Waals surface area (Å²) in [6, 6.07) is 5.20. The molecule has 0 heterocycles. The highest BCUT2D eigenvalue weighted by atomic mass is 32.2. The Balaban J connectivity index is 2.92. The van der Waals surface area contributed by atoms with Crippen LogP contribution in [0.2, 0.25) is 0 Å². The number of methoxy groups -OCH3 is 1. The van der Waals surface area contributed by atoms with E-state index in [9.17, 15) is 4.79 Å². The summed E-state index contributed by atoms with van der Waals surface area (Å²) in [7, 11) is 1.48. The smallest absolute Gasteiger partial charge is 0.339 e. The molecule has 0 atom stereocenters. The van der Waals surface area contributed by atoms with Gasteiger partial charge in [0.25, 0.3) is 0 Å². The molecule has 0 fully saturated rings. The second kappa shape index (κ2) is 5.66. The fourth-order valence-corrected chi connectivity index (χ4v) is 1.84. The van der Waals surface area contributed by atoms with E-state index in [1.807, 2.05) is 6.07 Å². The van der Waals surface area contributed by atoms with Gasteiger partial charge in [0.1, 0.15) is 11.3 Å². The molecule has 0 aliphatic rings. The highest BCUT2D eigenvalue weighted by Gasteiger charge is 2.10. The maximum absolute atomic E-state index is 10.8. The molecule has 0 bridgehead atoms. The predicted molar refractivity (Wildman–Crippen MR) is 61.8 cm³/mol. The first kappa shape index (κ1) is 11.9. The van der Waals surface area contributed by atoms with Crippen molar-refractivity contribution in [2.75, 3.05) is 12.9 Å². The van der Waals surface area contributed by atoms with Crippen LogP contribution in [0.4, 0.5) is 0 Å². The molecule has 0 amide bonds. The normalized spacial score (nSPS) is 10.0. The van der Waals surface area contributed by atoms with Crippen molar-refractivity contribution < 1.29 is 14.6 Å². The summed E-state index contributed by atoms with van der Waals surface area (Å²) in [6.45, 7) is 2.09. The number of hydrogen-bond acceptors (Lipinski definition) is 3. The van der Waals surface area contributed by atoms with Crippen molar-refractivity contribution in [3.63, 3.8) is 0 Å². The first-order valence-corrected chi connectivity index (χ1v) is 5.82. The lowest BCUT2D eigenvalue weighted by molar-refractivity contribution is 0.0693. The fourth-order valence-electron chi connectivity index (χ4n) is 1.22. The van der Waals surface area contributed by atoms with E-state index in [1.165, 1.54) is 7.11 Å². The second-order valence-corrected chi connectivity index (χ2v) is 4.25. The van der Waals surface area contributed by atoms with Gasteiger partial charge in [-0.25, -0.2) is 4.79 Å². The van der Waals surface area contributed by atoms with E-state index >= 15 is 0 Å². The number of carbonyl (C=O) groups is 1. The van der Waals surface area contributed by atoms with Gasteiger partial charge >= 0.3 is 5.97 Å². The summed E-state index contributed by atoms with van der Waals surface area (Å²) in [4.78, 5) is 10.8. The van der Waals surface area contributed by atoms with Gasteiger partial charge in [-0.2, -0.15) is 11.8 Å². The molecule has 0 aliphatic heterocycles. The molecule has 15 heavy (non-hydrogen) atoms. The molecule has 4 heteroatoms. The number of ether oxygens (including phenoxy) is 1. The monoisotopic (exact) mass is 226 g/mol. The quantitative estimate of drug-likeness (QED) is 0.838. The summed E-state index contributed by atoms with van der Waals surface area (Å²) < 4.78 is 5.04. The molecular weight excluding hydrogens is 212 g/mol. The SMILES string of the molecule is CCSCc1ccc(C(=O)O)c(OC)c1. The Morgan fingerprint density at radius 3 is 2.80 bits per heavy atom. The maximum atomic E-state index is 10.8. The number of rotatable bonds is 5. The molecule has 0 radical (unpaired) electrons. The Morgan fingerprint density at radius 1 is 1.53 bits per heavy atom. The number of carboxylic acids is 1. The summed E-state index contributed by atoms with van der Waals surface area (Å²) >= 11 is 1.79. The van der Waals surface area contributed by atoms with Gasteiger partial charge in [0.2, 0.25) is 0 Å². The van der Waals surface area contributed by atoms with E-state index < -0.39 is 5.97 Å². The number of hydrogen-bond donors (Lipinski definition) is 1. The lowest BCUT2D eigenvalue weighted by Gasteiger charge is -2.07. The molecule has 1 aromatic carbocycles. The molecule has 82 valence electrons. The Labute approximate surface area is 93.4 Å². The first-order valence-electron chi connectivity index (χ1n) is 4.67. The lowest BCUT2D eigenvalue weighted by Crippen LogP contribution is -2.00. The number of carboxylic acid groups (broad SMARTS) is 1. The van der Waals surface area contributed by atoms with E-state index in [2.05, 4.69) is 6.92 Å². The molecular formula is C11H14O3S. The van der Waals surface area contributed by atoms with E-state index in [0.717, 1.165) is 17.1 Å². The van der Waals surface area contributed by atoms with Gasteiger partial charge in [0.15, 0.2) is 0 Å². The third kappa shape index (κ3) is 3.16. The number of aromatic carboxylic acids is 1. The highest BCUT2D eigenvalue weighted by molar-refractivity contribution is 7.98. The van der Waals surface area contributed by atoms with Crippen LogP contribution in [0.15, 0.2) is 18.2 Å². The standard InChI is InChI=1S/C11H14O3S/c1-3-15-7-8-4-5-9(11(12)13)10(6-8)14-2/h4-6H,3,7H2,1-2H3,(H,12,13). The van der Waals surface area contributed by atoms with E-state index in [-0.39, 0.29) is 5.56 Å². The second-order valence-electron chi connectivity index (χ2n) is 2.98. The first-order chi connectivity index (χ1) is 7.19. The lowest BCUT2D eigenvalue weighted by atomic mass is 10.1. The van der Waals surface area contributed by atoms with E-state index in [1.54, 1.807) is 23.9 Å². The van der Waals surface area contributed by atoms with Gasteiger partial charge in [-0.1, -0.05) is 13.0 Å². The van der Waals surface area contributed by atoms with Gasteiger partial charge in [-0.15, -0.1) is 0 Å². The fraction of sp³-hybridized carbons (Fsp3) is 0.364. The third-order valence-corrected chi connectivity index (χ3v) is 2.91. The average molecular weight is 226 g/mol. The van der Waals surface area contributed by atoms with Crippen molar-refractivity contribution >= 4 is 17.7 Å². The number of benzene rings is 1. The molecule has 1 rings (SSSR count). The Bertz CT molecular complexity index is 350. The summed E-state index contributed by atoms with van der Waals surface area (Å²) in [5, 5.41) is 8.88. The summed E-state index contributed by atoms with van der Waals surface area (Å²) in [5.74, 6) is 1.40. The minimum Gasteiger partial charge on any atom is -0.496 e. The molecule has 3 nitrogen and oxygen atoms in total. The highest BCUT2D eigenvalue weighted by Crippen LogP contribution is 2.22. The van der Waals surface area contributed by atoms with Crippen molar-refractivity contribution in [1.82, 2.24) is 0 Å². The summed E-state index contributed by atoms with van der Waals surface area (Å²) in [5.41, 5.74) is 1.30. The molecule has 0 saturated heterocycles. The Morgan fingerprint density at radius 2 is 2.27 bits per heavy atom. The van der Waals surface area contributed by atoms with Crippen LogP contribution in [0.1, 0.15) is 22.8 Å². The van der Waals surface area contributed by atoms with Gasteiger partial charge in [-0.3, -0.25) is 0 Å². The minimum atomic E-state index is -0.957. The zero-order chi connectivity index (χ0) is 11.3. The maximum Gasteiger partial charge on any atom is 0.339 e. The van der Waals surface area contributed by atoms with Gasteiger partial charge in [-0.05, 0) is 23.4 Å². The van der Waals surface area contributed by atoms with E-state index in [0.29, 0.717) is 5.75 Å². The molecule has 1 N–H and O–H groups in total. The zero-order valence-electron chi connectivity index (χ0n) is 8.82. The van der Waals surface area contributed by atoms with Crippen LogP contribution in [0.3, 0.4) is 0 Å². The van der Waals surface area contributed by atoms with Crippen molar-refractivity contribution in [3.05, 3.63) is 29.3 Å². The van der Waals surface area contributed by atoms with E-state index in [4.69, 9.17) is 9.84 Å². The van der Waals surface area contributed by atoms with Crippen molar-refractivity contribution in [3.8, 4) is 5.75 Å². The van der Waals surface area contributed by atoms with Crippen molar-refractivity contribution in [2.45, 2.75) is 12.7 Å². The van der Waals surface area contributed by atoms with Crippen molar-refractivity contribution in [2.24, 2.45) is 0 Å².